The summed E-state index contributed by atoms with van der Waals surface area (Å²) in [5.41, 5.74) is 0. The molecule has 0 aromatic rings. The molecule has 10 heavy (non-hydrogen) atoms. The van der Waals surface area contributed by atoms with Crippen LogP contribution in [0.3, 0.4) is 0 Å². The van der Waals surface area contributed by atoms with Gasteiger partial charge in [0.05, 0.1) is 0 Å². The van der Waals surface area contributed by atoms with Crippen molar-refractivity contribution in [3.63, 3.8) is 0 Å². The van der Waals surface area contributed by atoms with E-state index in [9.17, 15) is 0 Å². The second kappa shape index (κ2) is 16.0. The van der Waals surface area contributed by atoms with E-state index in [0.29, 0.717) is 0 Å². The van der Waals surface area contributed by atoms with Crippen molar-refractivity contribution < 1.29 is 30.0 Å². The first-order valence-corrected chi connectivity index (χ1v) is 5.17. The Morgan fingerprint density at radius 2 is 0.800 bits per heavy atom. The summed E-state index contributed by atoms with van der Waals surface area (Å²) in [5, 5.41) is 0. The van der Waals surface area contributed by atoms with E-state index in [1.54, 1.807) is 0 Å². The van der Waals surface area contributed by atoms with Crippen LogP contribution in [0.25, 0.3) is 0 Å². The Morgan fingerprint density at radius 1 is 0.800 bits per heavy atom. The van der Waals surface area contributed by atoms with Gasteiger partial charge < -0.3 is 35.9 Å². The van der Waals surface area contributed by atoms with Gasteiger partial charge in [0.15, 0.2) is 0 Å². The molecule has 0 aromatic heterocycles. The van der Waals surface area contributed by atoms with Crippen LogP contribution in [0.15, 0.2) is 0 Å². The van der Waals surface area contributed by atoms with Crippen LogP contribution in [0.4, 0.5) is 0 Å². The number of rotatable bonds is 0. The van der Waals surface area contributed by atoms with Crippen LogP contribution in [0.5, 0.6) is 0 Å². The second-order valence-corrected chi connectivity index (χ2v) is 3.24. The van der Waals surface area contributed by atoms with Crippen molar-refractivity contribution in [3.8, 4) is 0 Å². The molecule has 0 unspecified atom stereocenters. The van der Waals surface area contributed by atoms with Crippen LogP contribution in [-0.4, -0.2) is 3.83 Å². The van der Waals surface area contributed by atoms with E-state index in [0.717, 1.165) is 0 Å². The van der Waals surface area contributed by atoms with E-state index in [1.807, 2.05) is 0 Å². The third-order valence-corrected chi connectivity index (χ3v) is 0. The Kier molecular flexibility index (Phi) is 81.2. The summed E-state index contributed by atoms with van der Waals surface area (Å²) in [5.74, 6) is 0. The first-order chi connectivity index (χ1) is 2.00. The first kappa shape index (κ1) is 50.8. The van der Waals surface area contributed by atoms with Gasteiger partial charge in [-0.1, -0.05) is 0 Å². The molecule has 0 atom stereocenters. The van der Waals surface area contributed by atoms with Crippen LogP contribution in [-0.2, 0) is 26.2 Å². The maximum atomic E-state index is 8.75. The van der Waals surface area contributed by atoms with Gasteiger partial charge in [-0.15, -0.1) is 0 Å². The molecule has 0 rings (SSSR count). The summed E-state index contributed by atoms with van der Waals surface area (Å²) in [6.45, 7) is 0. The van der Waals surface area contributed by atoms with Crippen molar-refractivity contribution in [2.45, 2.75) is 0 Å². The van der Waals surface area contributed by atoms with Crippen molar-refractivity contribution in [1.82, 2.24) is 6.15 Å². The Hall–Kier alpha value is -0.0177. The van der Waals surface area contributed by atoms with Crippen molar-refractivity contribution in [3.05, 3.63) is 29.7 Å². The zero-order chi connectivity index (χ0) is 4.50. The number of hydrogen-bond donors (Lipinski definition) is 2. The van der Waals surface area contributed by atoms with Gasteiger partial charge in [0, 0.05) is 0 Å². The van der Waals surface area contributed by atoms with Gasteiger partial charge in [0.25, 0.3) is 0 Å². The summed E-state index contributed by atoms with van der Waals surface area (Å²) in [4.78, 5) is 0. The molecule has 0 aromatic carbocycles. The summed E-state index contributed by atoms with van der Waals surface area (Å²) in [6, 6.07) is 0. The Balaban J connectivity index is -0.00000000800. The van der Waals surface area contributed by atoms with E-state index < -0.39 is 15.8 Å². The SMILES string of the molecule is N.[CH3-].[CH3-].[CH3-].[CH3-].[O]=[Re](=[O])(=[O])[OH]. The average molecular weight is 328 g/mol. The van der Waals surface area contributed by atoms with Gasteiger partial charge in [-0.2, -0.15) is 0 Å². The van der Waals surface area contributed by atoms with E-state index >= 15 is 0 Å². The van der Waals surface area contributed by atoms with E-state index in [-0.39, 0.29) is 35.9 Å². The zero-order valence-electron chi connectivity index (χ0n) is 6.76. The van der Waals surface area contributed by atoms with Crippen LogP contribution in [0.2, 0.25) is 0 Å². The van der Waals surface area contributed by atoms with Crippen LogP contribution in [0, 0.1) is 29.7 Å². The number of hydrogen-bond acceptors (Lipinski definition) is 4. The molecule has 0 aliphatic rings. The Bertz CT molecular complexity index is 138. The summed E-state index contributed by atoms with van der Waals surface area (Å²) in [6.07, 6.45) is 0. The predicted molar refractivity (Wildman–Crippen MR) is 35.0 cm³/mol. The van der Waals surface area contributed by atoms with E-state index in [2.05, 4.69) is 0 Å². The van der Waals surface area contributed by atoms with Gasteiger partial charge in [0.2, 0.25) is 0 Å². The van der Waals surface area contributed by atoms with Crippen LogP contribution >= 0.6 is 0 Å². The molecule has 6 heteroatoms. The predicted octanol–water partition coefficient (Wildman–Crippen LogP) is 1.05. The summed E-state index contributed by atoms with van der Waals surface area (Å²) >= 11 is -5.86. The van der Waals surface area contributed by atoms with Crippen molar-refractivity contribution >= 4 is 0 Å². The molecule has 0 heterocycles. The van der Waals surface area contributed by atoms with Crippen LogP contribution in [0.1, 0.15) is 0 Å². The molecule has 4 N–H and O–H groups in total. The normalized spacial score (nSPS) is 5.70. The second-order valence-electron chi connectivity index (χ2n) is 0.396. The maximum absolute atomic E-state index is 8.75. The minimum absolute atomic E-state index is 0. The molecule has 72 valence electrons. The molecule has 0 spiro atoms. The first-order valence-electron chi connectivity index (χ1n) is 0.632. The molecular weight excluding hydrogens is 312 g/mol. The van der Waals surface area contributed by atoms with Crippen molar-refractivity contribution in [2.24, 2.45) is 0 Å². The molecule has 0 aliphatic carbocycles. The minimum atomic E-state index is -5.86. The Labute approximate surface area is 66.4 Å². The average Bonchev–Trinajstić information content (AvgIpc) is 0.722. The summed E-state index contributed by atoms with van der Waals surface area (Å²) in [7, 11) is 0. The molecular formula is C4H16NO4Re-4. The van der Waals surface area contributed by atoms with E-state index in [4.69, 9.17) is 14.2 Å². The molecule has 5 nitrogen and oxygen atoms in total. The van der Waals surface area contributed by atoms with Gasteiger partial charge in [0.1, 0.15) is 0 Å². The fourth-order valence-electron chi connectivity index (χ4n) is 0. The van der Waals surface area contributed by atoms with Gasteiger partial charge in [-0.05, 0) is 0 Å². The monoisotopic (exact) mass is 329 g/mol. The quantitative estimate of drug-likeness (QED) is 0.646. The third-order valence-electron chi connectivity index (χ3n) is 0. The van der Waals surface area contributed by atoms with Crippen molar-refractivity contribution in [2.75, 3.05) is 0 Å². The van der Waals surface area contributed by atoms with E-state index in [1.165, 1.54) is 0 Å². The van der Waals surface area contributed by atoms with Gasteiger partial charge in [-0.25, -0.2) is 0 Å². The molecule has 0 saturated heterocycles. The molecule has 0 bridgehead atoms. The fourth-order valence-corrected chi connectivity index (χ4v) is 0. The third kappa shape index (κ3) is 1250000. The molecule has 0 saturated carbocycles. The molecule has 0 radical (unpaired) electrons. The van der Waals surface area contributed by atoms with Crippen molar-refractivity contribution in [1.29, 1.82) is 0 Å². The Morgan fingerprint density at radius 3 is 0.800 bits per heavy atom. The standard InChI is InChI=1S/4CH3.H3N.H2O.3O.Re/h5*1H3;1H2;;;;/q4*-1;;;;;;+1/p-1. The molecule has 0 amide bonds. The van der Waals surface area contributed by atoms with Gasteiger partial charge >= 0.3 is 30.0 Å². The fraction of sp³-hybridized carbons (Fsp3) is 0. The summed E-state index contributed by atoms with van der Waals surface area (Å²) < 4.78 is 33.3. The topological polar surface area (TPSA) is 106 Å². The molecule has 0 aliphatic heterocycles. The van der Waals surface area contributed by atoms with Crippen LogP contribution < -0.4 is 6.15 Å². The molecule has 0 fully saturated rings. The van der Waals surface area contributed by atoms with Gasteiger partial charge in [-0.3, -0.25) is 0 Å². The zero-order valence-corrected chi connectivity index (χ0v) is 9.47.